The van der Waals surface area contributed by atoms with Crippen molar-refractivity contribution in [3.63, 3.8) is 0 Å². The largest absolute Gasteiger partial charge is 0.393 e. The van der Waals surface area contributed by atoms with Crippen LogP contribution in [0.4, 0.5) is 4.79 Å². The summed E-state index contributed by atoms with van der Waals surface area (Å²) < 4.78 is 1.91. The van der Waals surface area contributed by atoms with Crippen molar-refractivity contribution in [2.24, 2.45) is 5.92 Å². The summed E-state index contributed by atoms with van der Waals surface area (Å²) in [5, 5.41) is 12.8. The van der Waals surface area contributed by atoms with Gasteiger partial charge in [0.1, 0.15) is 11.6 Å². The zero-order valence-corrected chi connectivity index (χ0v) is 14.7. The number of carbonyl (C=O) groups is 1. The van der Waals surface area contributed by atoms with Crippen LogP contribution in [0.15, 0.2) is 30.7 Å². The number of carbonyl (C=O) groups excluding carboxylic acids is 1. The van der Waals surface area contributed by atoms with Crippen molar-refractivity contribution in [1.29, 1.82) is 0 Å². The Morgan fingerprint density at radius 2 is 2.24 bits per heavy atom. The van der Waals surface area contributed by atoms with Gasteiger partial charge in [-0.15, -0.1) is 0 Å². The summed E-state index contributed by atoms with van der Waals surface area (Å²) in [7, 11) is 1.77. The molecule has 0 aliphatic heterocycles. The molecule has 2 aromatic rings. The van der Waals surface area contributed by atoms with Gasteiger partial charge in [-0.25, -0.2) is 14.8 Å². The minimum Gasteiger partial charge on any atom is -0.393 e. The highest BCUT2D eigenvalue weighted by molar-refractivity contribution is 5.73. The van der Waals surface area contributed by atoms with Crippen molar-refractivity contribution >= 4 is 6.03 Å². The number of nitrogens with one attached hydrogen (secondary N) is 1. The van der Waals surface area contributed by atoms with E-state index in [0.717, 1.165) is 36.5 Å². The van der Waals surface area contributed by atoms with Gasteiger partial charge >= 0.3 is 6.03 Å². The third-order valence-corrected chi connectivity index (χ3v) is 4.80. The fraction of sp³-hybridized carbons (Fsp3) is 0.500. The molecule has 1 aliphatic carbocycles. The number of hydrogen-bond donors (Lipinski definition) is 2. The Hall–Kier alpha value is -2.41. The molecule has 25 heavy (non-hydrogen) atoms. The SMILES string of the molecule is Cc1nccn1-c1ccc(CNC(=O)N(C)CC2CCCC2O)cn1. The van der Waals surface area contributed by atoms with Crippen LogP contribution >= 0.6 is 0 Å². The molecule has 1 saturated carbocycles. The Morgan fingerprint density at radius 3 is 2.84 bits per heavy atom. The zero-order valence-electron chi connectivity index (χ0n) is 14.7. The lowest BCUT2D eigenvalue weighted by Gasteiger charge is -2.23. The van der Waals surface area contributed by atoms with E-state index in [1.807, 2.05) is 29.8 Å². The summed E-state index contributed by atoms with van der Waals surface area (Å²) in [4.78, 5) is 22.5. The van der Waals surface area contributed by atoms with Crippen molar-refractivity contribution in [1.82, 2.24) is 24.8 Å². The first-order chi connectivity index (χ1) is 12.0. The van der Waals surface area contributed by atoms with Crippen molar-refractivity contribution in [2.75, 3.05) is 13.6 Å². The van der Waals surface area contributed by atoms with E-state index in [1.165, 1.54) is 0 Å². The lowest BCUT2D eigenvalue weighted by atomic mass is 10.1. The van der Waals surface area contributed by atoms with Gasteiger partial charge in [-0.3, -0.25) is 4.57 Å². The van der Waals surface area contributed by atoms with Crippen molar-refractivity contribution < 1.29 is 9.90 Å². The first-order valence-corrected chi connectivity index (χ1v) is 8.67. The average molecular weight is 343 g/mol. The second-order valence-electron chi connectivity index (χ2n) is 6.67. The molecule has 7 nitrogen and oxygen atoms in total. The van der Waals surface area contributed by atoms with Gasteiger partial charge in [-0.1, -0.05) is 12.5 Å². The molecule has 0 saturated heterocycles. The van der Waals surface area contributed by atoms with Crippen LogP contribution in [0.1, 0.15) is 30.7 Å². The number of amides is 2. The van der Waals surface area contributed by atoms with Crippen molar-refractivity contribution in [3.8, 4) is 5.82 Å². The molecule has 0 spiro atoms. The molecule has 134 valence electrons. The molecule has 2 unspecified atom stereocenters. The molecule has 2 N–H and O–H groups in total. The maximum atomic E-state index is 12.2. The number of urea groups is 1. The number of aliphatic hydroxyl groups is 1. The lowest BCUT2D eigenvalue weighted by molar-refractivity contribution is 0.114. The number of aliphatic hydroxyl groups excluding tert-OH is 1. The van der Waals surface area contributed by atoms with E-state index in [-0.39, 0.29) is 18.1 Å². The van der Waals surface area contributed by atoms with Crippen molar-refractivity contribution in [3.05, 3.63) is 42.1 Å². The van der Waals surface area contributed by atoms with Gasteiger partial charge in [0.25, 0.3) is 0 Å². The topological polar surface area (TPSA) is 83.3 Å². The van der Waals surface area contributed by atoms with E-state index in [9.17, 15) is 9.90 Å². The number of rotatable bonds is 5. The van der Waals surface area contributed by atoms with Crippen molar-refractivity contribution in [2.45, 2.75) is 38.8 Å². The Labute approximate surface area is 147 Å². The molecule has 0 bridgehead atoms. The van der Waals surface area contributed by atoms with Gasteiger partial charge in [-0.2, -0.15) is 0 Å². The summed E-state index contributed by atoms with van der Waals surface area (Å²) in [6.07, 6.45) is 7.95. The first kappa shape index (κ1) is 17.4. The Morgan fingerprint density at radius 1 is 1.40 bits per heavy atom. The fourth-order valence-corrected chi connectivity index (χ4v) is 3.26. The summed E-state index contributed by atoms with van der Waals surface area (Å²) in [5.41, 5.74) is 0.934. The van der Waals surface area contributed by atoms with Crippen LogP contribution < -0.4 is 5.32 Å². The molecule has 2 amide bonds. The minimum absolute atomic E-state index is 0.131. The highest BCUT2D eigenvalue weighted by atomic mass is 16.3. The van der Waals surface area contributed by atoms with Crippen LogP contribution in [-0.2, 0) is 6.54 Å². The highest BCUT2D eigenvalue weighted by Crippen LogP contribution is 2.25. The summed E-state index contributed by atoms with van der Waals surface area (Å²) in [6.45, 7) is 2.93. The number of hydrogen-bond acceptors (Lipinski definition) is 4. The van der Waals surface area contributed by atoms with Crippen LogP contribution in [0.2, 0.25) is 0 Å². The summed E-state index contributed by atoms with van der Waals surface area (Å²) in [6, 6.07) is 3.73. The van der Waals surface area contributed by atoms with Crippen LogP contribution in [0.25, 0.3) is 5.82 Å². The second kappa shape index (κ2) is 7.65. The van der Waals surface area contributed by atoms with Gasteiger partial charge in [0, 0.05) is 44.6 Å². The molecular formula is C18H25N5O2. The van der Waals surface area contributed by atoms with Gasteiger partial charge in [0.2, 0.25) is 0 Å². The van der Waals surface area contributed by atoms with Crippen LogP contribution in [0, 0.1) is 12.8 Å². The average Bonchev–Trinajstić information content (AvgIpc) is 3.21. The number of aryl methyl sites for hydroxylation is 1. The smallest absolute Gasteiger partial charge is 0.317 e. The normalized spacial score (nSPS) is 19.8. The predicted molar refractivity (Wildman–Crippen MR) is 94.3 cm³/mol. The number of pyridine rings is 1. The third-order valence-electron chi connectivity index (χ3n) is 4.80. The quantitative estimate of drug-likeness (QED) is 0.868. The van der Waals surface area contributed by atoms with Crippen LogP contribution in [-0.4, -0.2) is 50.3 Å². The highest BCUT2D eigenvalue weighted by Gasteiger charge is 2.27. The molecule has 1 aliphatic rings. The molecule has 1 fully saturated rings. The lowest BCUT2D eigenvalue weighted by Crippen LogP contribution is -2.40. The molecule has 0 radical (unpaired) electrons. The predicted octanol–water partition coefficient (Wildman–Crippen LogP) is 1.88. The Bertz CT molecular complexity index is 713. The number of aromatic nitrogens is 3. The molecule has 0 aromatic carbocycles. The number of imidazole rings is 1. The second-order valence-corrected chi connectivity index (χ2v) is 6.67. The standard InChI is InChI=1S/C18H25N5O2/c1-13-19-8-9-23(13)17-7-6-14(10-20-17)11-21-18(25)22(2)12-15-4-3-5-16(15)24/h6-10,15-16,24H,3-5,11-12H2,1-2H3,(H,21,25). The van der Waals surface area contributed by atoms with E-state index in [1.54, 1.807) is 24.3 Å². The van der Waals surface area contributed by atoms with Crippen LogP contribution in [0.3, 0.4) is 0 Å². The molecule has 2 atom stereocenters. The molecule has 3 rings (SSSR count). The van der Waals surface area contributed by atoms with Gasteiger partial charge in [0.15, 0.2) is 0 Å². The van der Waals surface area contributed by atoms with E-state index in [0.29, 0.717) is 13.1 Å². The molecule has 2 aromatic heterocycles. The minimum atomic E-state index is -0.279. The summed E-state index contributed by atoms with van der Waals surface area (Å²) >= 11 is 0. The van der Waals surface area contributed by atoms with Gasteiger partial charge in [-0.05, 0) is 31.4 Å². The van der Waals surface area contributed by atoms with E-state index in [2.05, 4.69) is 15.3 Å². The van der Waals surface area contributed by atoms with Gasteiger partial charge in [0.05, 0.1) is 6.10 Å². The Kier molecular flexibility index (Phi) is 5.33. The van der Waals surface area contributed by atoms with Gasteiger partial charge < -0.3 is 15.3 Å². The monoisotopic (exact) mass is 343 g/mol. The Balaban J connectivity index is 1.51. The third kappa shape index (κ3) is 4.17. The maximum absolute atomic E-state index is 12.2. The summed E-state index contributed by atoms with van der Waals surface area (Å²) in [5.74, 6) is 1.87. The fourth-order valence-electron chi connectivity index (χ4n) is 3.26. The molecular weight excluding hydrogens is 318 g/mol. The van der Waals surface area contributed by atoms with E-state index < -0.39 is 0 Å². The maximum Gasteiger partial charge on any atom is 0.317 e. The first-order valence-electron chi connectivity index (χ1n) is 8.67. The van der Waals surface area contributed by atoms with E-state index >= 15 is 0 Å². The zero-order chi connectivity index (χ0) is 17.8. The number of nitrogens with zero attached hydrogens (tertiary/aromatic N) is 4. The molecule has 2 heterocycles. The molecule has 7 heteroatoms. The van der Waals surface area contributed by atoms with E-state index in [4.69, 9.17) is 0 Å². The van der Waals surface area contributed by atoms with Crippen LogP contribution in [0.5, 0.6) is 0 Å².